The number of nitrogens with zero attached hydrogens (tertiary/aromatic N) is 1. The molecule has 1 heterocycles. The van der Waals surface area contributed by atoms with E-state index in [1.807, 2.05) is 0 Å². The normalized spacial score (nSPS) is 25.2. The molecule has 3 aliphatic rings. The number of allylic oxidation sites excluding steroid dienone is 1. The van der Waals surface area contributed by atoms with Crippen LogP contribution < -0.4 is 0 Å². The highest BCUT2D eigenvalue weighted by molar-refractivity contribution is 5.97. The molecular formula is C25H35N. The highest BCUT2D eigenvalue weighted by Gasteiger charge is 2.37. The summed E-state index contributed by atoms with van der Waals surface area (Å²) in [7, 11) is 0. The van der Waals surface area contributed by atoms with Crippen molar-refractivity contribution in [2.75, 3.05) is 0 Å². The summed E-state index contributed by atoms with van der Waals surface area (Å²) in [4.78, 5) is 5.13. The topological polar surface area (TPSA) is 12.4 Å². The van der Waals surface area contributed by atoms with Crippen LogP contribution in [0.1, 0.15) is 102 Å². The fraction of sp³-hybridized carbons (Fsp3) is 0.640. The van der Waals surface area contributed by atoms with Crippen molar-refractivity contribution in [1.29, 1.82) is 0 Å². The molecule has 26 heavy (non-hydrogen) atoms. The quantitative estimate of drug-likeness (QED) is 0.501. The third-order valence-electron chi connectivity index (χ3n) is 7.24. The molecular weight excluding hydrogens is 314 g/mol. The van der Waals surface area contributed by atoms with E-state index in [9.17, 15) is 0 Å². The van der Waals surface area contributed by atoms with Crippen molar-refractivity contribution in [2.24, 2.45) is 10.9 Å². The Kier molecular flexibility index (Phi) is 4.61. The van der Waals surface area contributed by atoms with E-state index in [1.54, 1.807) is 11.1 Å². The Balaban J connectivity index is 1.63. The van der Waals surface area contributed by atoms with Crippen molar-refractivity contribution < 1.29 is 0 Å². The zero-order valence-electron chi connectivity index (χ0n) is 17.2. The lowest BCUT2D eigenvalue weighted by Crippen LogP contribution is -2.33. The molecule has 0 saturated heterocycles. The zero-order chi connectivity index (χ0) is 18.4. The van der Waals surface area contributed by atoms with Crippen LogP contribution in [-0.2, 0) is 10.8 Å². The van der Waals surface area contributed by atoms with Crippen LogP contribution >= 0.6 is 0 Å². The number of hydrogen-bond donors (Lipinski definition) is 0. The van der Waals surface area contributed by atoms with Crippen LogP contribution in [0.15, 0.2) is 29.3 Å². The molecule has 0 amide bonds. The number of fused-ring (bicyclic) bond motifs is 1. The van der Waals surface area contributed by atoms with E-state index in [2.05, 4.69) is 52.0 Å². The maximum absolute atomic E-state index is 5.13. The minimum atomic E-state index is 0.272. The van der Waals surface area contributed by atoms with Crippen LogP contribution in [-0.4, -0.2) is 5.71 Å². The number of benzene rings is 1. The fourth-order valence-corrected chi connectivity index (χ4v) is 5.25. The molecule has 0 spiro atoms. The average Bonchev–Trinajstić information content (AvgIpc) is 2.94. The monoisotopic (exact) mass is 349 g/mol. The van der Waals surface area contributed by atoms with Crippen LogP contribution in [0.3, 0.4) is 0 Å². The second kappa shape index (κ2) is 6.66. The molecule has 4 rings (SSSR count). The van der Waals surface area contributed by atoms with Crippen LogP contribution in [0.25, 0.3) is 5.70 Å². The summed E-state index contributed by atoms with van der Waals surface area (Å²) in [5.41, 5.74) is 7.67. The van der Waals surface area contributed by atoms with Gasteiger partial charge in [-0.1, -0.05) is 71.6 Å². The summed E-state index contributed by atoms with van der Waals surface area (Å²) in [6.07, 6.45) is 14.3. The number of rotatable bonds is 2. The third-order valence-corrected chi connectivity index (χ3v) is 7.24. The van der Waals surface area contributed by atoms with Crippen molar-refractivity contribution in [3.8, 4) is 0 Å². The molecule has 0 bridgehead atoms. The van der Waals surface area contributed by atoms with E-state index in [1.165, 1.54) is 68.3 Å². The lowest BCUT2D eigenvalue weighted by molar-refractivity contribution is 0.332. The molecule has 2 aliphatic carbocycles. The van der Waals surface area contributed by atoms with Gasteiger partial charge in [0.25, 0.3) is 0 Å². The maximum Gasteiger partial charge on any atom is 0.0665 e. The van der Waals surface area contributed by atoms with Gasteiger partial charge in [0, 0.05) is 17.7 Å². The van der Waals surface area contributed by atoms with E-state index < -0.39 is 0 Å². The predicted molar refractivity (Wildman–Crippen MR) is 113 cm³/mol. The summed E-state index contributed by atoms with van der Waals surface area (Å²) in [5.74, 6) is 0.735. The lowest BCUT2D eigenvalue weighted by atomic mass is 9.63. The smallest absolute Gasteiger partial charge is 0.0665 e. The van der Waals surface area contributed by atoms with Gasteiger partial charge in [-0.15, -0.1) is 0 Å². The average molecular weight is 350 g/mol. The zero-order valence-corrected chi connectivity index (χ0v) is 17.2. The first-order chi connectivity index (χ1) is 12.4. The predicted octanol–water partition coefficient (Wildman–Crippen LogP) is 7.19. The van der Waals surface area contributed by atoms with Crippen LogP contribution in [0, 0.1) is 5.92 Å². The Morgan fingerprint density at radius 2 is 1.50 bits per heavy atom. The van der Waals surface area contributed by atoms with Gasteiger partial charge in [0.1, 0.15) is 0 Å². The van der Waals surface area contributed by atoms with Gasteiger partial charge in [-0.25, -0.2) is 0 Å². The van der Waals surface area contributed by atoms with Gasteiger partial charge < -0.3 is 0 Å². The van der Waals surface area contributed by atoms with E-state index in [0.29, 0.717) is 5.41 Å². The molecule has 0 radical (unpaired) electrons. The van der Waals surface area contributed by atoms with Gasteiger partial charge in [-0.05, 0) is 59.6 Å². The molecule has 1 aliphatic heterocycles. The van der Waals surface area contributed by atoms with Crippen molar-refractivity contribution in [2.45, 2.75) is 96.3 Å². The van der Waals surface area contributed by atoms with E-state index >= 15 is 0 Å². The van der Waals surface area contributed by atoms with Crippen LogP contribution in [0.4, 0.5) is 0 Å². The van der Waals surface area contributed by atoms with Crippen molar-refractivity contribution >= 4 is 11.4 Å². The molecule has 0 atom stereocenters. The van der Waals surface area contributed by atoms with Crippen LogP contribution in [0.5, 0.6) is 0 Å². The highest BCUT2D eigenvalue weighted by Crippen LogP contribution is 2.46. The van der Waals surface area contributed by atoms with Gasteiger partial charge in [-0.2, -0.15) is 0 Å². The van der Waals surface area contributed by atoms with Crippen molar-refractivity contribution in [1.82, 2.24) is 0 Å². The maximum atomic E-state index is 5.13. The van der Waals surface area contributed by atoms with Gasteiger partial charge in [0.2, 0.25) is 0 Å². The van der Waals surface area contributed by atoms with E-state index in [-0.39, 0.29) is 5.41 Å². The largest absolute Gasteiger partial charge is 0.257 e. The molecule has 0 unspecified atom stereocenters. The number of aliphatic imine (C=N–C) groups is 1. The minimum Gasteiger partial charge on any atom is -0.257 e. The Labute approximate surface area is 160 Å². The summed E-state index contributed by atoms with van der Waals surface area (Å²) < 4.78 is 0. The Bertz CT molecular complexity index is 739. The first kappa shape index (κ1) is 18.0. The minimum absolute atomic E-state index is 0.272. The molecule has 0 N–H and O–H groups in total. The van der Waals surface area contributed by atoms with E-state index in [4.69, 9.17) is 4.99 Å². The summed E-state index contributed by atoms with van der Waals surface area (Å²) in [5, 5.41) is 0. The second-order valence-electron chi connectivity index (χ2n) is 10.1. The summed E-state index contributed by atoms with van der Waals surface area (Å²) in [6.45, 7) is 9.62. The van der Waals surface area contributed by atoms with Gasteiger partial charge >= 0.3 is 0 Å². The molecule has 1 fully saturated rings. The molecule has 1 nitrogen and oxygen atoms in total. The third kappa shape index (κ3) is 3.30. The highest BCUT2D eigenvalue weighted by atomic mass is 14.8. The molecule has 1 saturated carbocycles. The molecule has 1 aromatic carbocycles. The van der Waals surface area contributed by atoms with Crippen LogP contribution in [0.2, 0.25) is 0 Å². The molecule has 1 heteroatoms. The summed E-state index contributed by atoms with van der Waals surface area (Å²) in [6, 6.07) is 7.18. The SMILES string of the molecule is CC1(C)CCC(C)(C)c2cc(C3=CCC(C4CCCCCC4)=N3)ccc21. The Morgan fingerprint density at radius 1 is 0.846 bits per heavy atom. The number of hydrogen-bond acceptors (Lipinski definition) is 1. The van der Waals surface area contributed by atoms with Gasteiger partial charge in [0.15, 0.2) is 0 Å². The Morgan fingerprint density at radius 3 is 2.19 bits per heavy atom. The summed E-state index contributed by atoms with van der Waals surface area (Å²) >= 11 is 0. The fourth-order valence-electron chi connectivity index (χ4n) is 5.25. The van der Waals surface area contributed by atoms with Crippen molar-refractivity contribution in [3.63, 3.8) is 0 Å². The van der Waals surface area contributed by atoms with E-state index in [0.717, 1.165) is 12.3 Å². The standard InChI is InChI=1S/C25H35N/c1-24(2)15-16-25(3,4)21-17-19(11-12-20(21)24)23-14-13-22(26-23)18-9-7-5-6-8-10-18/h11-12,14,17-18H,5-10,13,15-16H2,1-4H3. The first-order valence-electron chi connectivity index (χ1n) is 10.8. The van der Waals surface area contributed by atoms with Gasteiger partial charge in [-0.3, -0.25) is 4.99 Å². The molecule has 1 aromatic rings. The lowest BCUT2D eigenvalue weighted by Gasteiger charge is -2.42. The molecule has 0 aromatic heterocycles. The second-order valence-corrected chi connectivity index (χ2v) is 10.1. The first-order valence-corrected chi connectivity index (χ1v) is 10.8. The van der Waals surface area contributed by atoms with Gasteiger partial charge in [0.05, 0.1) is 5.70 Å². The Hall–Kier alpha value is -1.37. The molecule has 140 valence electrons. The van der Waals surface area contributed by atoms with Crippen molar-refractivity contribution in [3.05, 3.63) is 41.0 Å².